The molecule has 6 aromatic rings. The fraction of sp³-hybridized carbons (Fsp3) is 0.500. The molecule has 3 heterocycles. The van der Waals surface area contributed by atoms with Gasteiger partial charge in [0.1, 0.15) is 37.0 Å². The van der Waals surface area contributed by atoms with Gasteiger partial charge in [-0.25, -0.2) is 15.0 Å². The van der Waals surface area contributed by atoms with Crippen LogP contribution < -0.4 is 5.32 Å². The van der Waals surface area contributed by atoms with E-state index >= 15 is 0 Å². The minimum Gasteiger partial charge on any atom is -0.414 e. The monoisotopic (exact) mass is 781 g/mol. The second kappa shape index (κ2) is 13.3. The van der Waals surface area contributed by atoms with Gasteiger partial charge in [-0.05, 0) is 85.8 Å². The van der Waals surface area contributed by atoms with Crippen LogP contribution in [0.15, 0.2) is 61.2 Å². The van der Waals surface area contributed by atoms with E-state index in [9.17, 15) is 15.3 Å². The number of ether oxygens (including phenoxy) is 1. The van der Waals surface area contributed by atoms with Crippen LogP contribution in [0.2, 0.25) is 36.3 Å². The Labute approximate surface area is 324 Å². The van der Waals surface area contributed by atoms with Gasteiger partial charge in [0, 0.05) is 6.42 Å². The molecule has 0 saturated carbocycles. The third-order valence-corrected chi connectivity index (χ3v) is 22.2. The van der Waals surface area contributed by atoms with Crippen molar-refractivity contribution in [1.29, 1.82) is 0 Å². The van der Waals surface area contributed by atoms with E-state index < -0.39 is 47.2 Å². The molecule has 13 heteroatoms. The third-order valence-electron chi connectivity index (χ3n) is 13.2. The molecule has 2 aliphatic rings. The Hall–Kier alpha value is -3.54. The highest BCUT2D eigenvalue weighted by Crippen LogP contribution is 2.47. The van der Waals surface area contributed by atoms with E-state index in [1.807, 2.05) is 22.8 Å². The molecular formula is C42H55N5O6Si2. The molecule has 0 amide bonds. The van der Waals surface area contributed by atoms with Crippen molar-refractivity contribution in [3.63, 3.8) is 0 Å². The molecule has 11 nitrogen and oxygen atoms in total. The molecule has 4 N–H and O–H groups in total. The summed E-state index contributed by atoms with van der Waals surface area (Å²) in [7, 11) is -4.22. The average molecular weight is 782 g/mol. The molecule has 7 atom stereocenters. The topological polar surface area (TPSA) is 144 Å². The maximum atomic E-state index is 11.6. The predicted molar refractivity (Wildman–Crippen MR) is 223 cm³/mol. The highest BCUT2D eigenvalue weighted by atomic mass is 28.4. The van der Waals surface area contributed by atoms with Crippen molar-refractivity contribution in [2.75, 3.05) is 11.9 Å². The Morgan fingerprint density at radius 2 is 1.51 bits per heavy atom. The van der Waals surface area contributed by atoms with Gasteiger partial charge in [-0.15, -0.1) is 0 Å². The smallest absolute Gasteiger partial charge is 0.192 e. The van der Waals surface area contributed by atoms with Crippen molar-refractivity contribution in [2.45, 2.75) is 127 Å². The van der Waals surface area contributed by atoms with Crippen LogP contribution in [-0.4, -0.2) is 82.5 Å². The molecule has 1 aliphatic heterocycles. The second-order valence-electron chi connectivity index (χ2n) is 18.7. The number of imidazole rings is 1. The zero-order valence-corrected chi connectivity index (χ0v) is 35.6. The van der Waals surface area contributed by atoms with Crippen molar-refractivity contribution in [1.82, 2.24) is 19.5 Å². The van der Waals surface area contributed by atoms with Crippen LogP contribution >= 0.6 is 0 Å². The molecule has 0 unspecified atom stereocenters. The number of aliphatic hydroxyl groups is 3. The standard InChI is InChI=1S/C42H55N5O6Si2/c1-41(2,3)54(7,8)51-20-29-28(53-55(9,10)42(4,5)6)19-30(52-29)47-22-45-35-39(43-21-44-40(35)47)46-34-33-26-17-16-24-13-11-12-23-14-15-25(32(26)31(23)24)18-27(33)36(48)38(50)37(34)49/h11-18,21-22,28-30,34,36-38,48-50H,19-20H2,1-10H3,(H,43,44,46)/t28-,29+,30+,34+,36-,37+,38+/m0/s1. The first-order valence-electron chi connectivity index (χ1n) is 19.4. The van der Waals surface area contributed by atoms with E-state index in [4.69, 9.17) is 18.6 Å². The summed E-state index contributed by atoms with van der Waals surface area (Å²) in [6.07, 6.45) is -1.09. The first-order chi connectivity index (χ1) is 25.8. The van der Waals surface area contributed by atoms with Crippen LogP contribution in [0.5, 0.6) is 0 Å². The van der Waals surface area contributed by atoms with Crippen molar-refractivity contribution in [3.05, 3.63) is 72.3 Å². The van der Waals surface area contributed by atoms with Crippen molar-refractivity contribution >= 4 is 65.9 Å². The number of hydrogen-bond acceptors (Lipinski definition) is 10. The lowest BCUT2D eigenvalue weighted by Gasteiger charge is -2.40. The van der Waals surface area contributed by atoms with Gasteiger partial charge in [0.05, 0.1) is 25.1 Å². The number of aromatic nitrogens is 4. The van der Waals surface area contributed by atoms with E-state index in [1.165, 1.54) is 6.33 Å². The van der Waals surface area contributed by atoms with Crippen molar-refractivity contribution in [2.24, 2.45) is 0 Å². The van der Waals surface area contributed by atoms with Gasteiger partial charge >= 0.3 is 0 Å². The van der Waals surface area contributed by atoms with Gasteiger partial charge in [-0.2, -0.15) is 0 Å². The molecule has 0 bridgehead atoms. The largest absolute Gasteiger partial charge is 0.414 e. The maximum Gasteiger partial charge on any atom is 0.192 e. The summed E-state index contributed by atoms with van der Waals surface area (Å²) >= 11 is 0. The number of anilines is 1. The minimum atomic E-state index is -2.16. The molecule has 2 aromatic heterocycles. The molecule has 0 spiro atoms. The van der Waals surface area contributed by atoms with Crippen LogP contribution in [0.4, 0.5) is 5.82 Å². The summed E-state index contributed by atoms with van der Waals surface area (Å²) < 4.78 is 22.5. The molecule has 1 aliphatic carbocycles. The lowest BCUT2D eigenvalue weighted by atomic mass is 9.77. The van der Waals surface area contributed by atoms with Crippen molar-refractivity contribution in [3.8, 4) is 0 Å². The predicted octanol–water partition coefficient (Wildman–Crippen LogP) is 8.35. The SMILES string of the molecule is CC(C)(C)[Si](C)(C)OC[C@H]1O[C@@H](n2cnc3c(N[C@@H]4c5c(cc6ccc7cccc8ccc5c6c78)[C@H](O)[C@@H](O)[C@@H]4O)ncnc32)C[C@@H]1O[Si](C)(C)C(C)(C)C. The van der Waals surface area contributed by atoms with E-state index in [2.05, 4.69) is 113 Å². The van der Waals surface area contributed by atoms with Gasteiger partial charge in [-0.1, -0.05) is 84.0 Å². The number of hydrogen-bond donors (Lipinski definition) is 4. The number of nitrogens with one attached hydrogen (secondary N) is 1. The average Bonchev–Trinajstić information content (AvgIpc) is 3.73. The van der Waals surface area contributed by atoms with E-state index in [1.54, 1.807) is 6.33 Å². The summed E-state index contributed by atoms with van der Waals surface area (Å²) in [6.45, 7) is 23.0. The highest BCUT2D eigenvalue weighted by Gasteiger charge is 2.47. The van der Waals surface area contributed by atoms with Crippen LogP contribution in [0, 0.1) is 0 Å². The Bertz CT molecular complexity index is 2370. The molecule has 1 fully saturated rings. The quantitative estimate of drug-likeness (QED) is 0.0879. The first kappa shape index (κ1) is 38.3. The van der Waals surface area contributed by atoms with Crippen LogP contribution in [0.3, 0.4) is 0 Å². The number of rotatable bonds is 8. The number of aliphatic hydroxyl groups excluding tert-OH is 3. The van der Waals surface area contributed by atoms with Gasteiger partial charge in [0.2, 0.25) is 0 Å². The summed E-state index contributed by atoms with van der Waals surface area (Å²) in [5, 5.41) is 44.0. The molecule has 0 radical (unpaired) electrons. The highest BCUT2D eigenvalue weighted by molar-refractivity contribution is 6.74. The summed E-state index contributed by atoms with van der Waals surface area (Å²) in [5.41, 5.74) is 2.36. The van der Waals surface area contributed by atoms with E-state index in [-0.39, 0.29) is 22.3 Å². The summed E-state index contributed by atoms with van der Waals surface area (Å²) in [5.74, 6) is 0.401. The molecule has 292 valence electrons. The Morgan fingerprint density at radius 3 is 2.20 bits per heavy atom. The molecule has 55 heavy (non-hydrogen) atoms. The Morgan fingerprint density at radius 1 is 0.836 bits per heavy atom. The number of benzene rings is 4. The molecule has 8 rings (SSSR count). The summed E-state index contributed by atoms with van der Waals surface area (Å²) in [6, 6.07) is 15.6. The van der Waals surface area contributed by atoms with Gasteiger partial charge in [-0.3, -0.25) is 4.57 Å². The lowest BCUT2D eigenvalue weighted by molar-refractivity contribution is -0.0766. The van der Waals surface area contributed by atoms with Gasteiger partial charge in [0.25, 0.3) is 0 Å². The molecule has 1 saturated heterocycles. The first-order valence-corrected chi connectivity index (χ1v) is 25.2. The zero-order chi connectivity index (χ0) is 39.4. The maximum absolute atomic E-state index is 11.6. The minimum absolute atomic E-state index is 0.0211. The van der Waals surface area contributed by atoms with E-state index in [0.29, 0.717) is 35.6 Å². The van der Waals surface area contributed by atoms with Crippen LogP contribution in [0.1, 0.15) is 77.5 Å². The fourth-order valence-corrected chi connectivity index (χ4v) is 10.2. The van der Waals surface area contributed by atoms with Gasteiger partial charge < -0.3 is 34.2 Å². The van der Waals surface area contributed by atoms with Crippen LogP contribution in [-0.2, 0) is 13.6 Å². The molecule has 4 aromatic carbocycles. The Balaban J connectivity index is 1.15. The second-order valence-corrected chi connectivity index (χ2v) is 28.2. The van der Waals surface area contributed by atoms with Crippen molar-refractivity contribution < 1.29 is 28.9 Å². The third kappa shape index (κ3) is 6.36. The molecular weight excluding hydrogens is 727 g/mol. The lowest BCUT2D eigenvalue weighted by Crippen LogP contribution is -2.48. The van der Waals surface area contributed by atoms with E-state index in [0.717, 1.165) is 37.9 Å². The summed E-state index contributed by atoms with van der Waals surface area (Å²) in [4.78, 5) is 14.1. The number of fused-ring (bicyclic) bond motifs is 3. The normalized spacial score (nSPS) is 25.4. The Kier molecular flexibility index (Phi) is 9.25. The number of nitrogens with zero attached hydrogens (tertiary/aromatic N) is 4. The van der Waals surface area contributed by atoms with Crippen LogP contribution in [0.25, 0.3) is 43.5 Å². The zero-order valence-electron chi connectivity index (χ0n) is 33.6. The fourth-order valence-electron chi connectivity index (χ4n) is 7.87. The van der Waals surface area contributed by atoms with Gasteiger partial charge in [0.15, 0.2) is 33.6 Å².